The molecule has 1 fully saturated rings. The molecule has 0 aromatic heterocycles. The van der Waals surface area contributed by atoms with Crippen LogP contribution in [0.5, 0.6) is 0 Å². The molecule has 1 amide bonds. The van der Waals surface area contributed by atoms with Crippen molar-refractivity contribution in [3.63, 3.8) is 0 Å². The molecule has 0 bridgehead atoms. The second-order valence-electron chi connectivity index (χ2n) is 6.88. The minimum absolute atomic E-state index is 0.0386. The summed E-state index contributed by atoms with van der Waals surface area (Å²) in [7, 11) is -3.85. The van der Waals surface area contributed by atoms with Gasteiger partial charge < -0.3 is 5.32 Å². The number of alkyl halides is 3. The average Bonchev–Trinajstić information content (AvgIpc) is 2.69. The lowest BCUT2D eigenvalue weighted by Crippen LogP contribution is -2.50. The Morgan fingerprint density at radius 1 is 1.03 bits per heavy atom. The molecule has 0 atom stereocenters. The molecule has 1 saturated heterocycles. The van der Waals surface area contributed by atoms with Crippen molar-refractivity contribution in [3.05, 3.63) is 58.1 Å². The van der Waals surface area contributed by atoms with Gasteiger partial charge >= 0.3 is 6.18 Å². The number of anilines is 1. The monoisotopic (exact) mass is 495 g/mol. The lowest BCUT2D eigenvalue weighted by atomic mass is 10.2. The van der Waals surface area contributed by atoms with Crippen LogP contribution in [0.4, 0.5) is 18.9 Å². The van der Waals surface area contributed by atoms with Crippen molar-refractivity contribution >= 4 is 44.8 Å². The molecular formula is C19H18Cl2F3N3O3S. The predicted molar refractivity (Wildman–Crippen MR) is 112 cm³/mol. The first-order chi connectivity index (χ1) is 14.5. The van der Waals surface area contributed by atoms with Crippen molar-refractivity contribution in [2.24, 2.45) is 0 Å². The van der Waals surface area contributed by atoms with Gasteiger partial charge in [-0.05, 0) is 36.4 Å². The third-order valence-corrected chi connectivity index (χ3v) is 7.30. The van der Waals surface area contributed by atoms with Crippen LogP contribution in [-0.2, 0) is 21.0 Å². The number of amides is 1. The summed E-state index contributed by atoms with van der Waals surface area (Å²) in [5, 5.41) is 2.74. The van der Waals surface area contributed by atoms with Gasteiger partial charge in [0.05, 0.1) is 17.1 Å². The molecule has 0 unspecified atom stereocenters. The lowest BCUT2D eigenvalue weighted by Gasteiger charge is -2.33. The molecule has 12 heteroatoms. The van der Waals surface area contributed by atoms with Gasteiger partial charge in [-0.25, -0.2) is 8.42 Å². The van der Waals surface area contributed by atoms with Crippen molar-refractivity contribution < 1.29 is 26.4 Å². The summed E-state index contributed by atoms with van der Waals surface area (Å²) in [6.45, 7) is 0.715. The Labute approximate surface area is 187 Å². The number of benzene rings is 2. The molecule has 2 aromatic rings. The lowest BCUT2D eigenvalue weighted by molar-refractivity contribution is -0.137. The first-order valence-corrected chi connectivity index (χ1v) is 11.3. The molecule has 1 aliphatic rings. The molecule has 1 N–H and O–H groups in total. The van der Waals surface area contributed by atoms with E-state index < -0.39 is 27.7 Å². The second-order valence-corrected chi connectivity index (χ2v) is 9.63. The van der Waals surface area contributed by atoms with E-state index in [9.17, 15) is 26.4 Å². The molecule has 0 radical (unpaired) electrons. The van der Waals surface area contributed by atoms with E-state index in [1.807, 2.05) is 0 Å². The number of rotatable bonds is 5. The van der Waals surface area contributed by atoms with E-state index >= 15 is 0 Å². The quantitative estimate of drug-likeness (QED) is 0.681. The molecular weight excluding hydrogens is 478 g/mol. The Morgan fingerprint density at radius 2 is 1.71 bits per heavy atom. The van der Waals surface area contributed by atoms with Crippen LogP contribution in [0.15, 0.2) is 47.4 Å². The number of hydrogen-bond acceptors (Lipinski definition) is 4. The van der Waals surface area contributed by atoms with E-state index in [0.717, 1.165) is 12.1 Å². The van der Waals surface area contributed by atoms with Gasteiger partial charge in [0.25, 0.3) is 0 Å². The van der Waals surface area contributed by atoms with Crippen LogP contribution in [0.25, 0.3) is 0 Å². The molecule has 1 heterocycles. The first kappa shape index (κ1) is 23.8. The minimum atomic E-state index is -4.51. The predicted octanol–water partition coefficient (Wildman–Crippen LogP) is 3.96. The molecule has 3 rings (SSSR count). The Hall–Kier alpha value is -1.85. The van der Waals surface area contributed by atoms with Gasteiger partial charge in [0.2, 0.25) is 15.9 Å². The van der Waals surface area contributed by atoms with Crippen molar-refractivity contribution in [1.29, 1.82) is 0 Å². The van der Waals surface area contributed by atoms with Crippen LogP contribution in [0.1, 0.15) is 5.56 Å². The highest BCUT2D eigenvalue weighted by molar-refractivity contribution is 7.89. The van der Waals surface area contributed by atoms with E-state index in [2.05, 4.69) is 5.32 Å². The SMILES string of the molecule is O=C(CN1CCN(S(=O)(=O)c2cc(Cl)ccc2Cl)CC1)Nc1cccc(C(F)(F)F)c1. The van der Waals surface area contributed by atoms with Gasteiger partial charge in [-0.3, -0.25) is 9.69 Å². The second kappa shape index (κ2) is 9.33. The van der Waals surface area contributed by atoms with Gasteiger partial charge in [-0.15, -0.1) is 0 Å². The zero-order chi connectivity index (χ0) is 22.8. The van der Waals surface area contributed by atoms with Crippen LogP contribution in [-0.4, -0.2) is 56.3 Å². The van der Waals surface area contributed by atoms with Crippen molar-refractivity contribution in [1.82, 2.24) is 9.21 Å². The highest BCUT2D eigenvalue weighted by atomic mass is 35.5. The van der Waals surface area contributed by atoms with E-state index in [1.165, 1.54) is 34.6 Å². The van der Waals surface area contributed by atoms with Crippen molar-refractivity contribution in [2.75, 3.05) is 38.0 Å². The fourth-order valence-corrected chi connectivity index (χ4v) is 5.28. The average molecular weight is 496 g/mol. The van der Waals surface area contributed by atoms with Crippen LogP contribution in [0.3, 0.4) is 0 Å². The van der Waals surface area contributed by atoms with Gasteiger partial charge in [-0.1, -0.05) is 29.3 Å². The highest BCUT2D eigenvalue weighted by Gasteiger charge is 2.32. The van der Waals surface area contributed by atoms with Crippen LogP contribution in [0, 0.1) is 0 Å². The maximum atomic E-state index is 12.8. The Kier molecular flexibility index (Phi) is 7.17. The normalized spacial score (nSPS) is 16.3. The van der Waals surface area contributed by atoms with Gasteiger partial charge in [0.1, 0.15) is 4.90 Å². The minimum Gasteiger partial charge on any atom is -0.325 e. The number of carbonyl (C=O) groups is 1. The zero-order valence-electron chi connectivity index (χ0n) is 16.0. The summed E-state index contributed by atoms with van der Waals surface area (Å²) in [6.07, 6.45) is -4.51. The summed E-state index contributed by atoms with van der Waals surface area (Å²) in [4.78, 5) is 13.9. The molecule has 6 nitrogen and oxygen atoms in total. The van der Waals surface area contributed by atoms with Gasteiger partial charge in [0.15, 0.2) is 0 Å². The van der Waals surface area contributed by atoms with Crippen LogP contribution >= 0.6 is 23.2 Å². The Morgan fingerprint density at radius 3 is 2.35 bits per heavy atom. The van der Waals surface area contributed by atoms with E-state index in [4.69, 9.17) is 23.2 Å². The summed E-state index contributed by atoms with van der Waals surface area (Å²) in [6, 6.07) is 8.54. The number of carbonyl (C=O) groups excluding carboxylic acids is 1. The molecule has 0 spiro atoms. The van der Waals surface area contributed by atoms with E-state index in [-0.39, 0.29) is 53.4 Å². The van der Waals surface area contributed by atoms with Crippen molar-refractivity contribution in [3.8, 4) is 0 Å². The molecule has 0 aliphatic carbocycles. The Balaban J connectivity index is 1.58. The van der Waals surface area contributed by atoms with Crippen molar-refractivity contribution in [2.45, 2.75) is 11.1 Å². The number of nitrogens with zero attached hydrogens (tertiary/aromatic N) is 2. The number of sulfonamides is 1. The number of piperazine rings is 1. The maximum absolute atomic E-state index is 12.8. The molecule has 168 valence electrons. The molecule has 31 heavy (non-hydrogen) atoms. The topological polar surface area (TPSA) is 69.7 Å². The third kappa shape index (κ3) is 5.89. The third-order valence-electron chi connectivity index (χ3n) is 4.68. The zero-order valence-corrected chi connectivity index (χ0v) is 18.3. The standard InChI is InChI=1S/C19H18Cl2F3N3O3S/c20-14-4-5-16(21)17(11-14)31(29,30)27-8-6-26(7-9-27)12-18(28)25-15-3-1-2-13(10-15)19(22,23)24/h1-5,10-11H,6-9,12H2,(H,25,28). The van der Waals surface area contributed by atoms with E-state index in [1.54, 1.807) is 4.90 Å². The summed E-state index contributed by atoms with van der Waals surface area (Å²) < 4.78 is 65.3. The van der Waals surface area contributed by atoms with Crippen LogP contribution < -0.4 is 5.32 Å². The molecule has 1 aliphatic heterocycles. The summed E-state index contributed by atoms with van der Waals surface area (Å²) in [5.41, 5.74) is -0.819. The highest BCUT2D eigenvalue weighted by Crippen LogP contribution is 2.31. The number of hydrogen-bond donors (Lipinski definition) is 1. The number of halogens is 5. The summed E-state index contributed by atoms with van der Waals surface area (Å²) in [5.74, 6) is -0.492. The largest absolute Gasteiger partial charge is 0.416 e. The van der Waals surface area contributed by atoms with Gasteiger partial charge in [0, 0.05) is 36.9 Å². The smallest absolute Gasteiger partial charge is 0.325 e. The first-order valence-electron chi connectivity index (χ1n) is 9.11. The van der Waals surface area contributed by atoms with E-state index in [0.29, 0.717) is 0 Å². The fraction of sp³-hybridized carbons (Fsp3) is 0.316. The summed E-state index contributed by atoms with van der Waals surface area (Å²) >= 11 is 11.9. The fourth-order valence-electron chi connectivity index (χ4n) is 3.12. The number of nitrogens with one attached hydrogen (secondary N) is 1. The maximum Gasteiger partial charge on any atom is 0.416 e. The molecule has 2 aromatic carbocycles. The molecule has 0 saturated carbocycles. The Bertz CT molecular complexity index is 1070. The van der Waals surface area contributed by atoms with Gasteiger partial charge in [-0.2, -0.15) is 17.5 Å². The van der Waals surface area contributed by atoms with Crippen LogP contribution in [0.2, 0.25) is 10.0 Å².